The van der Waals surface area contributed by atoms with Gasteiger partial charge in [-0.1, -0.05) is 12.1 Å². The summed E-state index contributed by atoms with van der Waals surface area (Å²) < 4.78 is 24.3. The van der Waals surface area contributed by atoms with Gasteiger partial charge in [0.1, 0.15) is 5.82 Å². The zero-order valence-electron chi connectivity index (χ0n) is 12.7. The van der Waals surface area contributed by atoms with Crippen molar-refractivity contribution in [3.8, 4) is 11.5 Å². The van der Waals surface area contributed by atoms with Crippen LogP contribution in [0.1, 0.15) is 28.3 Å². The standard InChI is InChI=1S/C17H20FNO2/c1-10-5-6-12(8-14(10)18)17(19)13-9-16(21-4)15(20-3)7-11(13)2/h5-9,17H,19H2,1-4H3. The van der Waals surface area contributed by atoms with Gasteiger partial charge in [-0.15, -0.1) is 0 Å². The van der Waals surface area contributed by atoms with Crippen LogP contribution < -0.4 is 15.2 Å². The molecule has 0 spiro atoms. The molecule has 2 rings (SSSR count). The predicted molar refractivity (Wildman–Crippen MR) is 81.5 cm³/mol. The summed E-state index contributed by atoms with van der Waals surface area (Å²) in [6.45, 7) is 3.67. The summed E-state index contributed by atoms with van der Waals surface area (Å²) in [6, 6.07) is 8.37. The summed E-state index contributed by atoms with van der Waals surface area (Å²) in [7, 11) is 3.17. The van der Waals surface area contributed by atoms with Crippen molar-refractivity contribution in [3.05, 3.63) is 58.4 Å². The summed E-state index contributed by atoms with van der Waals surface area (Å²) in [5.41, 5.74) is 9.48. The number of methoxy groups -OCH3 is 2. The molecule has 112 valence electrons. The van der Waals surface area contributed by atoms with Crippen LogP contribution in [0.25, 0.3) is 0 Å². The molecule has 4 heteroatoms. The fourth-order valence-corrected chi connectivity index (χ4v) is 2.31. The molecule has 0 aliphatic carbocycles. The third kappa shape index (κ3) is 3.00. The van der Waals surface area contributed by atoms with E-state index in [1.54, 1.807) is 27.2 Å². The van der Waals surface area contributed by atoms with Gasteiger partial charge in [0.15, 0.2) is 11.5 Å². The second-order valence-electron chi connectivity index (χ2n) is 5.05. The average Bonchev–Trinajstić information content (AvgIpc) is 2.49. The van der Waals surface area contributed by atoms with Crippen molar-refractivity contribution >= 4 is 0 Å². The first-order chi connectivity index (χ1) is 9.97. The summed E-state index contributed by atoms with van der Waals surface area (Å²) in [6.07, 6.45) is 0. The van der Waals surface area contributed by atoms with Gasteiger partial charge in [-0.2, -0.15) is 0 Å². The highest BCUT2D eigenvalue weighted by atomic mass is 19.1. The molecule has 21 heavy (non-hydrogen) atoms. The average molecular weight is 289 g/mol. The topological polar surface area (TPSA) is 44.5 Å². The van der Waals surface area contributed by atoms with E-state index in [1.165, 1.54) is 6.07 Å². The van der Waals surface area contributed by atoms with Crippen LogP contribution >= 0.6 is 0 Å². The molecule has 1 atom stereocenters. The number of hydrogen-bond acceptors (Lipinski definition) is 3. The zero-order chi connectivity index (χ0) is 15.6. The Bertz CT molecular complexity index is 655. The minimum atomic E-state index is -0.417. The van der Waals surface area contributed by atoms with E-state index in [2.05, 4.69) is 0 Å². The van der Waals surface area contributed by atoms with Crippen LogP contribution in [0.4, 0.5) is 4.39 Å². The maximum absolute atomic E-state index is 13.7. The highest BCUT2D eigenvalue weighted by Crippen LogP contribution is 2.34. The first-order valence-corrected chi connectivity index (χ1v) is 6.72. The third-order valence-electron chi connectivity index (χ3n) is 3.66. The molecule has 2 aromatic rings. The normalized spacial score (nSPS) is 12.1. The van der Waals surface area contributed by atoms with Crippen LogP contribution in [-0.2, 0) is 0 Å². The van der Waals surface area contributed by atoms with Gasteiger partial charge in [0.25, 0.3) is 0 Å². The van der Waals surface area contributed by atoms with Crippen LogP contribution in [0.5, 0.6) is 11.5 Å². The molecule has 0 saturated carbocycles. The zero-order valence-corrected chi connectivity index (χ0v) is 12.7. The number of rotatable bonds is 4. The Balaban J connectivity index is 2.47. The van der Waals surface area contributed by atoms with Crippen LogP contribution in [0.15, 0.2) is 30.3 Å². The van der Waals surface area contributed by atoms with Gasteiger partial charge in [0.05, 0.1) is 20.3 Å². The second kappa shape index (κ2) is 6.14. The van der Waals surface area contributed by atoms with Gasteiger partial charge in [-0.3, -0.25) is 0 Å². The molecule has 0 radical (unpaired) electrons. The van der Waals surface area contributed by atoms with Crippen LogP contribution in [0.3, 0.4) is 0 Å². The Labute approximate surface area is 124 Å². The monoisotopic (exact) mass is 289 g/mol. The van der Waals surface area contributed by atoms with Gasteiger partial charge in [-0.05, 0) is 54.3 Å². The molecule has 2 N–H and O–H groups in total. The summed E-state index contributed by atoms with van der Waals surface area (Å²) in [5, 5.41) is 0. The molecule has 0 amide bonds. The lowest BCUT2D eigenvalue weighted by molar-refractivity contribution is 0.354. The van der Waals surface area contributed by atoms with Crippen LogP contribution in [-0.4, -0.2) is 14.2 Å². The highest BCUT2D eigenvalue weighted by molar-refractivity contribution is 5.50. The van der Waals surface area contributed by atoms with Crippen LogP contribution in [0, 0.1) is 19.7 Å². The maximum Gasteiger partial charge on any atom is 0.161 e. The van der Waals surface area contributed by atoms with Crippen molar-refractivity contribution in [2.45, 2.75) is 19.9 Å². The first-order valence-electron chi connectivity index (χ1n) is 6.72. The Morgan fingerprint density at radius 1 is 0.952 bits per heavy atom. The highest BCUT2D eigenvalue weighted by Gasteiger charge is 2.16. The van der Waals surface area contributed by atoms with Crippen molar-refractivity contribution in [3.63, 3.8) is 0 Å². The Morgan fingerprint density at radius 3 is 2.14 bits per heavy atom. The molecule has 3 nitrogen and oxygen atoms in total. The van der Waals surface area contributed by atoms with Crippen molar-refractivity contribution in [1.29, 1.82) is 0 Å². The van der Waals surface area contributed by atoms with Crippen molar-refractivity contribution < 1.29 is 13.9 Å². The van der Waals surface area contributed by atoms with E-state index in [0.29, 0.717) is 17.1 Å². The molecule has 0 heterocycles. The van der Waals surface area contributed by atoms with Crippen molar-refractivity contribution in [2.24, 2.45) is 5.73 Å². The summed E-state index contributed by atoms with van der Waals surface area (Å²) in [5.74, 6) is 1.02. The van der Waals surface area contributed by atoms with Crippen LogP contribution in [0.2, 0.25) is 0 Å². The summed E-state index contributed by atoms with van der Waals surface area (Å²) in [4.78, 5) is 0. The van der Waals surface area contributed by atoms with Gasteiger partial charge in [-0.25, -0.2) is 4.39 Å². The molecule has 0 aliphatic heterocycles. The van der Waals surface area contributed by atoms with E-state index in [-0.39, 0.29) is 5.82 Å². The van der Waals surface area contributed by atoms with E-state index in [1.807, 2.05) is 25.1 Å². The Morgan fingerprint density at radius 2 is 1.57 bits per heavy atom. The van der Waals surface area contributed by atoms with E-state index in [0.717, 1.165) is 16.7 Å². The second-order valence-corrected chi connectivity index (χ2v) is 5.05. The molecule has 0 saturated heterocycles. The minimum Gasteiger partial charge on any atom is -0.493 e. The lowest BCUT2D eigenvalue weighted by Crippen LogP contribution is -2.14. The van der Waals surface area contributed by atoms with E-state index in [4.69, 9.17) is 15.2 Å². The number of benzene rings is 2. The quantitative estimate of drug-likeness (QED) is 0.936. The largest absolute Gasteiger partial charge is 0.493 e. The molecular weight excluding hydrogens is 269 g/mol. The van der Waals surface area contributed by atoms with E-state index in [9.17, 15) is 4.39 Å². The molecule has 0 aromatic heterocycles. The van der Waals surface area contributed by atoms with Crippen molar-refractivity contribution in [1.82, 2.24) is 0 Å². The van der Waals surface area contributed by atoms with Gasteiger partial charge in [0.2, 0.25) is 0 Å². The maximum atomic E-state index is 13.7. The molecule has 1 unspecified atom stereocenters. The fourth-order valence-electron chi connectivity index (χ4n) is 2.31. The molecule has 0 aliphatic rings. The number of aryl methyl sites for hydroxylation is 2. The number of ether oxygens (including phenoxy) is 2. The van der Waals surface area contributed by atoms with E-state index < -0.39 is 6.04 Å². The Hall–Kier alpha value is -2.07. The lowest BCUT2D eigenvalue weighted by Gasteiger charge is -2.18. The molecular formula is C17H20FNO2. The Kier molecular flexibility index (Phi) is 4.48. The molecule has 0 bridgehead atoms. The number of hydrogen-bond donors (Lipinski definition) is 1. The third-order valence-corrected chi connectivity index (χ3v) is 3.66. The predicted octanol–water partition coefficient (Wildman–Crippen LogP) is 3.51. The minimum absolute atomic E-state index is 0.249. The fraction of sp³-hybridized carbons (Fsp3) is 0.294. The smallest absolute Gasteiger partial charge is 0.161 e. The SMILES string of the molecule is COc1cc(C)c(C(N)c2ccc(C)c(F)c2)cc1OC. The van der Waals surface area contributed by atoms with Crippen molar-refractivity contribution in [2.75, 3.05) is 14.2 Å². The van der Waals surface area contributed by atoms with Gasteiger partial charge >= 0.3 is 0 Å². The number of nitrogens with two attached hydrogens (primary N) is 1. The molecule has 2 aromatic carbocycles. The lowest BCUT2D eigenvalue weighted by atomic mass is 9.94. The molecule has 0 fully saturated rings. The summed E-state index contributed by atoms with van der Waals surface area (Å²) >= 11 is 0. The first kappa shape index (κ1) is 15.3. The number of halogens is 1. The van der Waals surface area contributed by atoms with Gasteiger partial charge < -0.3 is 15.2 Å². The van der Waals surface area contributed by atoms with Gasteiger partial charge in [0, 0.05) is 0 Å². The van der Waals surface area contributed by atoms with E-state index >= 15 is 0 Å².